The van der Waals surface area contributed by atoms with Crippen molar-refractivity contribution < 1.29 is 0 Å². The van der Waals surface area contributed by atoms with Crippen molar-refractivity contribution in [3.8, 4) is 0 Å². The molecule has 2 heterocycles. The van der Waals surface area contributed by atoms with Gasteiger partial charge >= 0.3 is 0 Å². The zero-order chi connectivity index (χ0) is 14.7. The fourth-order valence-electron chi connectivity index (χ4n) is 3.46. The highest BCUT2D eigenvalue weighted by Gasteiger charge is 2.53. The van der Waals surface area contributed by atoms with Crippen LogP contribution in [0.2, 0.25) is 0 Å². The Balaban J connectivity index is 2.17. The van der Waals surface area contributed by atoms with Gasteiger partial charge in [-0.05, 0) is 29.9 Å². The van der Waals surface area contributed by atoms with Crippen molar-refractivity contribution in [2.75, 3.05) is 0 Å². The molecule has 20 heavy (non-hydrogen) atoms. The summed E-state index contributed by atoms with van der Waals surface area (Å²) >= 11 is 6.38. The topological polar surface area (TPSA) is 0 Å². The minimum Gasteiger partial charge on any atom is -0.0903 e. The Kier molecular flexibility index (Phi) is 3.41. The summed E-state index contributed by atoms with van der Waals surface area (Å²) in [4.78, 5) is 0. The molecule has 1 aromatic rings. The maximum atomic E-state index is 6.38. The molecule has 1 aromatic carbocycles. The summed E-state index contributed by atoms with van der Waals surface area (Å²) in [6.07, 6.45) is 0. The van der Waals surface area contributed by atoms with E-state index in [0.29, 0.717) is 11.1 Å². The molecule has 3 unspecified atom stereocenters. The van der Waals surface area contributed by atoms with Gasteiger partial charge in [0.25, 0.3) is 0 Å². The molecule has 0 N–H and O–H groups in total. The lowest BCUT2D eigenvalue weighted by Gasteiger charge is -2.31. The van der Waals surface area contributed by atoms with E-state index in [1.165, 1.54) is 13.5 Å². The van der Waals surface area contributed by atoms with E-state index < -0.39 is 6.04 Å². The summed E-state index contributed by atoms with van der Waals surface area (Å²) in [5.74, 6) is 0. The molecule has 3 rings (SSSR count). The zero-order valence-corrected chi connectivity index (χ0v) is 15.4. The van der Waals surface area contributed by atoms with Gasteiger partial charge < -0.3 is 0 Å². The fraction of sp³-hybridized carbons (Fsp3) is 0.471. The third-order valence-corrected chi connectivity index (χ3v) is 14.1. The van der Waals surface area contributed by atoms with E-state index in [1.54, 1.807) is 16.4 Å². The lowest BCUT2D eigenvalue weighted by Crippen LogP contribution is -2.30. The first-order valence-corrected chi connectivity index (χ1v) is 11.1. The fourth-order valence-corrected chi connectivity index (χ4v) is 13.5. The summed E-state index contributed by atoms with van der Waals surface area (Å²) in [6, 6.07) is 9.40. The summed E-state index contributed by atoms with van der Waals surface area (Å²) in [6.45, 7) is 11.7. The maximum Gasteiger partial charge on any atom is 0.0556 e. The van der Waals surface area contributed by atoms with Crippen LogP contribution in [-0.2, 0) is 11.8 Å². The van der Waals surface area contributed by atoms with E-state index in [1.807, 2.05) is 0 Å². The van der Waals surface area contributed by atoms with Crippen LogP contribution in [0, 0.1) is 5.41 Å². The Morgan fingerprint density at radius 3 is 2.20 bits per heavy atom. The van der Waals surface area contributed by atoms with Gasteiger partial charge in [0.2, 0.25) is 0 Å². The predicted molar refractivity (Wildman–Crippen MR) is 97.7 cm³/mol. The predicted octanol–water partition coefficient (Wildman–Crippen LogP) is 5.01. The molecule has 3 atom stereocenters. The number of hydrogen-bond acceptors (Lipinski definition) is 1. The third-order valence-electron chi connectivity index (χ3n) is 4.61. The molecule has 0 nitrogen and oxygen atoms in total. The number of allylic oxidation sites excluding steroid dienone is 2. The second-order valence-corrected chi connectivity index (χ2v) is 13.4. The quantitative estimate of drug-likeness (QED) is 0.517. The van der Waals surface area contributed by atoms with Crippen LogP contribution in [0.25, 0.3) is 0 Å². The maximum absolute atomic E-state index is 6.38. The second-order valence-electron chi connectivity index (χ2n) is 6.95. The molecule has 0 aliphatic carbocycles. The van der Waals surface area contributed by atoms with Crippen molar-refractivity contribution in [2.24, 2.45) is 5.41 Å². The van der Waals surface area contributed by atoms with Crippen LogP contribution >= 0.6 is 14.2 Å². The highest BCUT2D eigenvalue weighted by Crippen LogP contribution is 2.73. The Bertz CT molecular complexity index is 662. The van der Waals surface area contributed by atoms with Crippen LogP contribution in [0.1, 0.15) is 34.6 Å². The lowest BCUT2D eigenvalue weighted by atomic mass is 9.87. The van der Waals surface area contributed by atoms with E-state index >= 15 is 0 Å². The lowest BCUT2D eigenvalue weighted by molar-refractivity contribution is 0.593. The van der Waals surface area contributed by atoms with E-state index in [4.69, 9.17) is 11.8 Å². The van der Waals surface area contributed by atoms with Gasteiger partial charge in [-0.1, -0.05) is 82.3 Å². The molecule has 0 saturated carbocycles. The van der Waals surface area contributed by atoms with E-state index in [2.05, 4.69) is 65.0 Å². The molecule has 0 radical (unpaired) electrons. The largest absolute Gasteiger partial charge is 0.0903 e. The summed E-state index contributed by atoms with van der Waals surface area (Å²) in [5.41, 5.74) is 3.97. The Morgan fingerprint density at radius 1 is 1.05 bits per heavy atom. The zero-order valence-electron chi connectivity index (χ0n) is 12.8. The number of hydrogen-bond donors (Lipinski definition) is 0. The van der Waals surface area contributed by atoms with Crippen molar-refractivity contribution in [3.63, 3.8) is 0 Å². The van der Waals surface area contributed by atoms with Crippen LogP contribution in [0.4, 0.5) is 0 Å². The molecule has 2 bridgehead atoms. The van der Waals surface area contributed by atoms with Crippen LogP contribution in [-0.4, -0.2) is 16.4 Å². The molecule has 106 valence electrons. The Hall–Kier alpha value is -0.220. The van der Waals surface area contributed by atoms with Crippen molar-refractivity contribution in [1.82, 2.24) is 0 Å². The average molecular weight is 320 g/mol. The molecule has 0 fully saturated rings. The van der Waals surface area contributed by atoms with Crippen molar-refractivity contribution in [3.05, 3.63) is 41.5 Å². The highest BCUT2D eigenvalue weighted by molar-refractivity contribution is 8.22. The number of fused-ring (bicyclic) bond motifs is 2. The average Bonchev–Trinajstić information content (AvgIpc) is 2.80. The Morgan fingerprint density at radius 2 is 1.65 bits per heavy atom. The monoisotopic (exact) mass is 320 g/mol. The standard InChI is InChI=1S/C17H22P2S/c1-11-12(2)16-18-15(17(3,4)5)14(11)19(16,20)13-9-7-6-8-10-13/h6-10,14,16H,1-5H3. The van der Waals surface area contributed by atoms with Crippen LogP contribution in [0.5, 0.6) is 0 Å². The summed E-state index contributed by atoms with van der Waals surface area (Å²) in [7, 11) is 1.51. The summed E-state index contributed by atoms with van der Waals surface area (Å²) < 4.78 is 0. The SMILES string of the molecule is CC1=C(C)C2C(C(C)(C)C)=PC1P2(=S)c1ccccc1. The molecular formula is C17H22P2S. The molecule has 2 aliphatic heterocycles. The van der Waals surface area contributed by atoms with Crippen molar-refractivity contribution >= 4 is 36.6 Å². The molecule has 0 spiro atoms. The van der Waals surface area contributed by atoms with Gasteiger partial charge in [-0.25, -0.2) is 0 Å². The van der Waals surface area contributed by atoms with Gasteiger partial charge in [-0.3, -0.25) is 0 Å². The molecule has 0 saturated heterocycles. The highest BCUT2D eigenvalue weighted by atomic mass is 32.4. The third kappa shape index (κ3) is 1.87. The van der Waals surface area contributed by atoms with Crippen molar-refractivity contribution in [2.45, 2.75) is 45.7 Å². The minimum absolute atomic E-state index is 0.266. The second kappa shape index (κ2) is 4.64. The van der Waals surface area contributed by atoms with Gasteiger partial charge in [0, 0.05) is 11.7 Å². The first-order chi connectivity index (χ1) is 9.28. The molecule has 2 aliphatic rings. The molecule has 3 heteroatoms. The van der Waals surface area contributed by atoms with Gasteiger partial charge in [-0.15, -0.1) is 0 Å². The minimum atomic E-state index is -1.55. The number of benzene rings is 1. The van der Waals surface area contributed by atoms with Gasteiger partial charge in [-0.2, -0.15) is 0 Å². The first kappa shape index (κ1) is 14.7. The van der Waals surface area contributed by atoms with Gasteiger partial charge in [0.1, 0.15) is 0 Å². The smallest absolute Gasteiger partial charge is 0.0556 e. The van der Waals surface area contributed by atoms with Crippen LogP contribution in [0.15, 0.2) is 41.5 Å². The molecule has 0 amide bonds. The Labute approximate surface area is 129 Å². The van der Waals surface area contributed by atoms with Gasteiger partial charge in [0.15, 0.2) is 0 Å². The van der Waals surface area contributed by atoms with Crippen molar-refractivity contribution in [1.29, 1.82) is 0 Å². The summed E-state index contributed by atoms with van der Waals surface area (Å²) in [5, 5.41) is 3.71. The molecular weight excluding hydrogens is 298 g/mol. The molecule has 0 aromatic heterocycles. The van der Waals surface area contributed by atoms with E-state index in [9.17, 15) is 0 Å². The van der Waals surface area contributed by atoms with E-state index in [0.717, 1.165) is 0 Å². The van der Waals surface area contributed by atoms with Crippen LogP contribution < -0.4 is 5.30 Å². The number of rotatable bonds is 1. The van der Waals surface area contributed by atoms with Gasteiger partial charge in [0.05, 0.1) is 5.40 Å². The first-order valence-electron chi connectivity index (χ1n) is 7.18. The van der Waals surface area contributed by atoms with E-state index in [-0.39, 0.29) is 5.41 Å². The van der Waals surface area contributed by atoms with Crippen LogP contribution in [0.3, 0.4) is 0 Å². The normalized spacial score (nSPS) is 33.5.